The van der Waals surface area contributed by atoms with Gasteiger partial charge in [-0.05, 0) is 32.8 Å². The number of hydrogen-bond donors (Lipinski definition) is 1. The number of non-ortho nitro benzene ring substituents is 1. The fraction of sp³-hybridized carbons (Fsp3) is 0.542. The van der Waals surface area contributed by atoms with Crippen LogP contribution in [-0.4, -0.2) is 44.5 Å². The highest BCUT2D eigenvalue weighted by Gasteiger charge is 2.27. The van der Waals surface area contributed by atoms with Crippen molar-refractivity contribution in [1.82, 2.24) is 14.7 Å². The highest BCUT2D eigenvalue weighted by atomic mass is 16.6. The molecule has 0 radical (unpaired) electrons. The molecule has 1 N–H and O–H groups in total. The Morgan fingerprint density at radius 3 is 2.30 bits per heavy atom. The van der Waals surface area contributed by atoms with E-state index in [1.807, 2.05) is 40.7 Å². The Bertz CT molecular complexity index is 1030. The maximum atomic E-state index is 13.1. The minimum atomic E-state index is -0.545. The first-order valence-corrected chi connectivity index (χ1v) is 11.0. The molecule has 1 heterocycles. The molecule has 0 aliphatic carbocycles. The maximum Gasteiger partial charge on any atom is 0.270 e. The quantitative estimate of drug-likeness (QED) is 0.483. The van der Waals surface area contributed by atoms with E-state index in [1.165, 1.54) is 29.2 Å². The Kier molecular flexibility index (Phi) is 7.67. The largest absolute Gasteiger partial charge is 0.329 e. The van der Waals surface area contributed by atoms with Crippen LogP contribution in [0.4, 0.5) is 11.5 Å². The first-order chi connectivity index (χ1) is 15.1. The van der Waals surface area contributed by atoms with E-state index >= 15 is 0 Å². The van der Waals surface area contributed by atoms with Crippen molar-refractivity contribution in [2.75, 3.05) is 18.4 Å². The van der Waals surface area contributed by atoms with Gasteiger partial charge in [0.05, 0.1) is 16.2 Å². The average molecular weight is 458 g/mol. The lowest BCUT2D eigenvalue weighted by atomic mass is 9.92. The third-order valence-electron chi connectivity index (χ3n) is 4.89. The number of anilines is 1. The van der Waals surface area contributed by atoms with E-state index in [1.54, 1.807) is 4.68 Å². The molecule has 0 aliphatic heterocycles. The molecule has 1 aromatic carbocycles. The van der Waals surface area contributed by atoms with Crippen molar-refractivity contribution in [3.05, 3.63) is 51.7 Å². The van der Waals surface area contributed by atoms with Crippen LogP contribution in [0.2, 0.25) is 0 Å². The molecule has 0 unspecified atom stereocenters. The van der Waals surface area contributed by atoms with E-state index in [9.17, 15) is 19.7 Å². The van der Waals surface area contributed by atoms with E-state index < -0.39 is 10.8 Å². The van der Waals surface area contributed by atoms with Crippen LogP contribution < -0.4 is 5.32 Å². The standard InChI is InChI=1S/C24H35N5O4/c1-16(2)14-27(22(31)17-10-9-11-18(12-17)29(32)33)15-21(30)25-20-13-19(23(3,4)5)26-28(20)24(6,7)8/h9-13,16H,14-15H2,1-8H3,(H,25,30). The summed E-state index contributed by atoms with van der Waals surface area (Å²) >= 11 is 0. The Morgan fingerprint density at radius 2 is 1.79 bits per heavy atom. The lowest BCUT2D eigenvalue weighted by Gasteiger charge is -2.25. The lowest BCUT2D eigenvalue weighted by Crippen LogP contribution is -2.40. The van der Waals surface area contributed by atoms with Gasteiger partial charge in [0.25, 0.3) is 11.6 Å². The Morgan fingerprint density at radius 1 is 1.15 bits per heavy atom. The number of nitro benzene ring substituents is 1. The van der Waals surface area contributed by atoms with Gasteiger partial charge in [-0.25, -0.2) is 4.68 Å². The van der Waals surface area contributed by atoms with Crippen molar-refractivity contribution >= 4 is 23.3 Å². The number of benzene rings is 1. The van der Waals surface area contributed by atoms with E-state index in [4.69, 9.17) is 5.10 Å². The van der Waals surface area contributed by atoms with Gasteiger partial charge in [-0.15, -0.1) is 0 Å². The summed E-state index contributed by atoms with van der Waals surface area (Å²) in [4.78, 5) is 38.1. The molecule has 0 fully saturated rings. The first kappa shape index (κ1) is 26.0. The van der Waals surface area contributed by atoms with Crippen molar-refractivity contribution in [2.45, 2.75) is 66.3 Å². The molecule has 33 heavy (non-hydrogen) atoms. The minimum Gasteiger partial charge on any atom is -0.329 e. The molecule has 2 aromatic rings. The van der Waals surface area contributed by atoms with Gasteiger partial charge < -0.3 is 10.2 Å². The number of carbonyl (C=O) groups excluding carboxylic acids is 2. The van der Waals surface area contributed by atoms with Crippen LogP contribution in [0.25, 0.3) is 0 Å². The van der Waals surface area contributed by atoms with E-state index in [-0.39, 0.29) is 40.6 Å². The van der Waals surface area contributed by atoms with Crippen molar-refractivity contribution in [2.24, 2.45) is 5.92 Å². The van der Waals surface area contributed by atoms with Crippen LogP contribution in [0.15, 0.2) is 30.3 Å². The van der Waals surface area contributed by atoms with Crippen LogP contribution in [0.1, 0.15) is 71.4 Å². The molecule has 9 heteroatoms. The molecule has 2 amide bonds. The normalized spacial score (nSPS) is 12.0. The monoisotopic (exact) mass is 457 g/mol. The molecule has 0 bridgehead atoms. The highest BCUT2D eigenvalue weighted by Crippen LogP contribution is 2.28. The predicted octanol–water partition coefficient (Wildman–Crippen LogP) is 4.58. The third kappa shape index (κ3) is 6.87. The fourth-order valence-electron chi connectivity index (χ4n) is 3.30. The van der Waals surface area contributed by atoms with Gasteiger partial charge in [0.2, 0.25) is 5.91 Å². The molecule has 0 aliphatic rings. The number of rotatable bonds is 7. The number of nitrogens with zero attached hydrogens (tertiary/aromatic N) is 4. The smallest absolute Gasteiger partial charge is 0.270 e. The second-order valence-corrected chi connectivity index (χ2v) is 10.7. The van der Waals surface area contributed by atoms with E-state index in [0.717, 1.165) is 5.69 Å². The van der Waals surface area contributed by atoms with E-state index in [0.29, 0.717) is 12.4 Å². The number of hydrogen-bond acceptors (Lipinski definition) is 5. The van der Waals surface area contributed by atoms with Gasteiger partial charge in [-0.1, -0.05) is 40.7 Å². The first-order valence-electron chi connectivity index (χ1n) is 11.0. The van der Waals surface area contributed by atoms with Gasteiger partial charge in [0.1, 0.15) is 12.4 Å². The van der Waals surface area contributed by atoms with Crippen LogP contribution in [0.3, 0.4) is 0 Å². The van der Waals surface area contributed by atoms with Crippen LogP contribution in [0.5, 0.6) is 0 Å². The topological polar surface area (TPSA) is 110 Å². The molecule has 0 spiro atoms. The fourth-order valence-corrected chi connectivity index (χ4v) is 3.30. The van der Waals surface area contributed by atoms with Gasteiger partial charge >= 0.3 is 0 Å². The van der Waals surface area contributed by atoms with Crippen molar-refractivity contribution < 1.29 is 14.5 Å². The summed E-state index contributed by atoms with van der Waals surface area (Å²) in [6.45, 7) is 16.2. The minimum absolute atomic E-state index is 0.105. The summed E-state index contributed by atoms with van der Waals surface area (Å²) in [6.07, 6.45) is 0. The van der Waals surface area contributed by atoms with Gasteiger partial charge in [-0.3, -0.25) is 19.7 Å². The van der Waals surface area contributed by atoms with Gasteiger partial charge in [0, 0.05) is 35.7 Å². The molecule has 9 nitrogen and oxygen atoms in total. The predicted molar refractivity (Wildman–Crippen MR) is 128 cm³/mol. The number of nitrogens with one attached hydrogen (secondary N) is 1. The van der Waals surface area contributed by atoms with Crippen molar-refractivity contribution in [3.8, 4) is 0 Å². The van der Waals surface area contributed by atoms with Crippen LogP contribution in [-0.2, 0) is 15.7 Å². The summed E-state index contributed by atoms with van der Waals surface area (Å²) in [5, 5.41) is 18.7. The summed E-state index contributed by atoms with van der Waals surface area (Å²) in [5.41, 5.74) is 0.297. The summed E-state index contributed by atoms with van der Waals surface area (Å²) < 4.78 is 1.78. The lowest BCUT2D eigenvalue weighted by molar-refractivity contribution is -0.384. The molecule has 0 saturated heterocycles. The maximum absolute atomic E-state index is 13.1. The molecule has 0 saturated carbocycles. The van der Waals surface area contributed by atoms with Gasteiger partial charge in [0.15, 0.2) is 0 Å². The second-order valence-electron chi connectivity index (χ2n) is 10.7. The van der Waals surface area contributed by atoms with Crippen molar-refractivity contribution in [3.63, 3.8) is 0 Å². The molecule has 1 aromatic heterocycles. The summed E-state index contributed by atoms with van der Waals surface area (Å²) in [6, 6.07) is 7.41. The Labute approximate surface area is 195 Å². The second kappa shape index (κ2) is 9.72. The third-order valence-corrected chi connectivity index (χ3v) is 4.89. The van der Waals surface area contributed by atoms with Crippen molar-refractivity contribution in [1.29, 1.82) is 0 Å². The summed E-state index contributed by atoms with van der Waals surface area (Å²) in [7, 11) is 0. The van der Waals surface area contributed by atoms with Gasteiger partial charge in [-0.2, -0.15) is 5.10 Å². The molecule has 180 valence electrons. The Balaban J connectivity index is 2.30. The van der Waals surface area contributed by atoms with Crippen LogP contribution in [0, 0.1) is 16.0 Å². The molecule has 0 atom stereocenters. The highest BCUT2D eigenvalue weighted by molar-refractivity contribution is 5.99. The van der Waals surface area contributed by atoms with Crippen LogP contribution >= 0.6 is 0 Å². The molecule has 2 rings (SSSR count). The number of aromatic nitrogens is 2. The summed E-state index contributed by atoms with van der Waals surface area (Å²) in [5.74, 6) is -0.125. The number of carbonyl (C=O) groups is 2. The SMILES string of the molecule is CC(C)CN(CC(=O)Nc1cc(C(C)(C)C)nn1C(C)(C)C)C(=O)c1cccc([N+](=O)[O-])c1. The number of amides is 2. The zero-order chi connectivity index (χ0) is 25.1. The average Bonchev–Trinajstić information content (AvgIpc) is 3.11. The Hall–Kier alpha value is -3.23. The molecular weight excluding hydrogens is 422 g/mol. The van der Waals surface area contributed by atoms with E-state index in [2.05, 4.69) is 26.1 Å². The zero-order valence-corrected chi connectivity index (χ0v) is 20.8. The number of nitro groups is 1. The molecular formula is C24H35N5O4. The zero-order valence-electron chi connectivity index (χ0n) is 20.8.